The summed E-state index contributed by atoms with van der Waals surface area (Å²) in [6.07, 6.45) is 8.51. The lowest BCUT2D eigenvalue weighted by Gasteiger charge is -2.56. The van der Waals surface area contributed by atoms with Crippen molar-refractivity contribution in [2.24, 2.45) is 23.2 Å². The summed E-state index contributed by atoms with van der Waals surface area (Å²) in [5.74, 6) is 0.504. The fourth-order valence-corrected chi connectivity index (χ4v) is 7.48. The minimum Gasteiger partial charge on any atom is -0.367 e. The molecule has 36 heavy (non-hydrogen) atoms. The molecule has 4 bridgehead atoms. The van der Waals surface area contributed by atoms with Gasteiger partial charge in [0.15, 0.2) is 11.4 Å². The Balaban J connectivity index is 1.45. The van der Waals surface area contributed by atoms with Crippen molar-refractivity contribution in [3.05, 3.63) is 63.9 Å². The predicted molar refractivity (Wildman–Crippen MR) is 131 cm³/mol. The highest BCUT2D eigenvalue weighted by molar-refractivity contribution is 5.99. The molecule has 7 rings (SSSR count). The van der Waals surface area contributed by atoms with Gasteiger partial charge in [0.2, 0.25) is 5.43 Å². The van der Waals surface area contributed by atoms with E-state index in [1.165, 1.54) is 48.2 Å². The standard InChI is InChI=1S/C28H28F3N3O2/c29-5-6-32-25-4-2-20-26(36)21(15-34(27(20)33-25)23-3-1-19(30)10-22(23)31)24(35)14-28-11-16-7-17(12-28)9-18(8-16)13-28/h1-4,10,15-18H,5-9,11-14H2,(H,32,33). The summed E-state index contributed by atoms with van der Waals surface area (Å²) >= 11 is 0. The van der Waals surface area contributed by atoms with E-state index in [4.69, 9.17) is 0 Å². The number of carbonyl (C=O) groups is 1. The number of fused-ring (bicyclic) bond motifs is 1. The van der Waals surface area contributed by atoms with E-state index in [9.17, 15) is 22.8 Å². The first-order valence-electron chi connectivity index (χ1n) is 12.7. The van der Waals surface area contributed by atoms with Crippen LogP contribution in [0.4, 0.5) is 19.0 Å². The molecule has 0 aliphatic heterocycles. The number of hydrogen-bond donors (Lipinski definition) is 1. The first-order valence-corrected chi connectivity index (χ1v) is 12.7. The minimum absolute atomic E-state index is 0.00626. The Kier molecular flexibility index (Phi) is 5.65. The summed E-state index contributed by atoms with van der Waals surface area (Å²) in [5, 5.41) is 2.96. The van der Waals surface area contributed by atoms with Crippen LogP contribution in [0.1, 0.15) is 55.3 Å². The monoisotopic (exact) mass is 495 g/mol. The highest BCUT2D eigenvalue weighted by atomic mass is 19.1. The van der Waals surface area contributed by atoms with Gasteiger partial charge in [-0.1, -0.05) is 0 Å². The average Bonchev–Trinajstić information content (AvgIpc) is 2.82. The number of benzene rings is 1. The van der Waals surface area contributed by atoms with Crippen molar-refractivity contribution in [3.63, 3.8) is 0 Å². The Bertz CT molecular complexity index is 1380. The lowest BCUT2D eigenvalue weighted by Crippen LogP contribution is -2.47. The molecule has 0 spiro atoms. The number of anilines is 1. The lowest BCUT2D eigenvalue weighted by molar-refractivity contribution is -0.0524. The molecule has 1 aromatic carbocycles. The number of hydrogen-bond acceptors (Lipinski definition) is 4. The number of nitrogens with zero attached hydrogens (tertiary/aromatic N) is 2. The van der Waals surface area contributed by atoms with Crippen molar-refractivity contribution in [1.29, 1.82) is 0 Å². The quantitative estimate of drug-likeness (QED) is 0.419. The van der Waals surface area contributed by atoms with Gasteiger partial charge < -0.3 is 5.32 Å². The van der Waals surface area contributed by atoms with Gasteiger partial charge in [-0.15, -0.1) is 0 Å². The maximum absolute atomic E-state index is 14.9. The SMILES string of the molecule is O=C(CC12CC3CC(CC(C3)C1)C2)c1cn(-c2ccc(F)cc2F)c2nc(NCCF)ccc2c1=O. The Morgan fingerprint density at radius 1 is 1.06 bits per heavy atom. The van der Waals surface area contributed by atoms with E-state index < -0.39 is 23.7 Å². The van der Waals surface area contributed by atoms with Crippen LogP contribution in [-0.4, -0.2) is 28.6 Å². The topological polar surface area (TPSA) is 64.0 Å². The maximum atomic E-state index is 14.9. The van der Waals surface area contributed by atoms with E-state index in [0.29, 0.717) is 30.0 Å². The number of aromatic nitrogens is 2. The molecule has 2 heterocycles. The molecule has 4 saturated carbocycles. The molecule has 3 aromatic rings. The van der Waals surface area contributed by atoms with Crippen LogP contribution in [-0.2, 0) is 0 Å². The second kappa shape index (κ2) is 8.75. The molecule has 0 radical (unpaired) electrons. The van der Waals surface area contributed by atoms with Crippen molar-refractivity contribution in [2.75, 3.05) is 18.5 Å². The number of nitrogens with one attached hydrogen (secondary N) is 1. The van der Waals surface area contributed by atoms with Crippen molar-refractivity contribution in [2.45, 2.75) is 44.9 Å². The number of halogens is 3. The summed E-state index contributed by atoms with van der Waals surface area (Å²) in [4.78, 5) is 31.6. The van der Waals surface area contributed by atoms with Gasteiger partial charge in [-0.05, 0) is 86.0 Å². The molecule has 0 atom stereocenters. The van der Waals surface area contributed by atoms with Crippen LogP contribution >= 0.6 is 0 Å². The highest BCUT2D eigenvalue weighted by Crippen LogP contribution is 2.61. The third-order valence-electron chi connectivity index (χ3n) is 8.42. The Labute approximate surface area is 206 Å². The van der Waals surface area contributed by atoms with Gasteiger partial charge in [0.05, 0.1) is 16.6 Å². The summed E-state index contributed by atoms with van der Waals surface area (Å²) in [5.41, 5.74) is -0.435. The van der Waals surface area contributed by atoms with Gasteiger partial charge in [0.25, 0.3) is 0 Å². The molecule has 0 unspecified atom stereocenters. The third-order valence-corrected chi connectivity index (χ3v) is 8.42. The summed E-state index contributed by atoms with van der Waals surface area (Å²) in [6.45, 7) is -0.591. The number of alkyl halides is 1. The molecule has 4 fully saturated rings. The number of Topliss-reactive ketones (excluding diaryl/α,β-unsaturated/α-hetero) is 1. The second-order valence-corrected chi connectivity index (χ2v) is 11.0. The molecule has 5 nitrogen and oxygen atoms in total. The van der Waals surface area contributed by atoms with Crippen LogP contribution in [0.15, 0.2) is 41.3 Å². The van der Waals surface area contributed by atoms with Gasteiger partial charge in [-0.2, -0.15) is 0 Å². The Hall–Kier alpha value is -3.16. The fraction of sp³-hybridized carbons (Fsp3) is 0.464. The van der Waals surface area contributed by atoms with E-state index in [-0.39, 0.29) is 40.0 Å². The van der Waals surface area contributed by atoms with E-state index in [1.54, 1.807) is 0 Å². The van der Waals surface area contributed by atoms with Gasteiger partial charge in [-0.3, -0.25) is 14.2 Å². The Morgan fingerprint density at radius 3 is 2.39 bits per heavy atom. The van der Waals surface area contributed by atoms with Crippen LogP contribution in [0.2, 0.25) is 0 Å². The first-order chi connectivity index (χ1) is 17.3. The van der Waals surface area contributed by atoms with Crippen LogP contribution in [0.25, 0.3) is 16.7 Å². The van der Waals surface area contributed by atoms with Crippen molar-refractivity contribution in [3.8, 4) is 5.69 Å². The van der Waals surface area contributed by atoms with Gasteiger partial charge in [0, 0.05) is 25.2 Å². The summed E-state index contributed by atoms with van der Waals surface area (Å²) < 4.78 is 42.5. The highest BCUT2D eigenvalue weighted by Gasteiger charge is 2.51. The zero-order chi connectivity index (χ0) is 25.0. The zero-order valence-corrected chi connectivity index (χ0v) is 19.9. The van der Waals surface area contributed by atoms with Crippen LogP contribution < -0.4 is 10.7 Å². The molecule has 188 valence electrons. The second-order valence-electron chi connectivity index (χ2n) is 11.0. The summed E-state index contributed by atoms with van der Waals surface area (Å²) in [6, 6.07) is 6.18. The van der Waals surface area contributed by atoms with Crippen LogP contribution in [0.5, 0.6) is 0 Å². The fourth-order valence-electron chi connectivity index (χ4n) is 7.48. The van der Waals surface area contributed by atoms with E-state index in [1.807, 2.05) is 0 Å². The third kappa shape index (κ3) is 4.00. The molecule has 0 saturated heterocycles. The van der Waals surface area contributed by atoms with Crippen molar-refractivity contribution in [1.82, 2.24) is 9.55 Å². The van der Waals surface area contributed by atoms with Crippen molar-refractivity contribution >= 4 is 22.6 Å². The number of ketones is 1. The Morgan fingerprint density at radius 2 is 1.75 bits per heavy atom. The number of rotatable bonds is 7. The molecule has 0 amide bonds. The smallest absolute Gasteiger partial charge is 0.201 e. The number of carbonyl (C=O) groups excluding carboxylic acids is 1. The van der Waals surface area contributed by atoms with E-state index in [0.717, 1.165) is 31.4 Å². The van der Waals surface area contributed by atoms with Crippen LogP contribution in [0.3, 0.4) is 0 Å². The molecule has 4 aliphatic rings. The molecule has 8 heteroatoms. The van der Waals surface area contributed by atoms with Gasteiger partial charge >= 0.3 is 0 Å². The first kappa shape index (κ1) is 23.3. The van der Waals surface area contributed by atoms with E-state index >= 15 is 0 Å². The zero-order valence-electron chi connectivity index (χ0n) is 19.9. The number of pyridine rings is 2. The molecular formula is C28H28F3N3O2. The minimum atomic E-state index is -0.844. The molecule has 2 aromatic heterocycles. The normalized spacial score (nSPS) is 26.5. The van der Waals surface area contributed by atoms with Gasteiger partial charge in [-0.25, -0.2) is 18.2 Å². The molecule has 4 aliphatic carbocycles. The molecule has 1 N–H and O–H groups in total. The molecular weight excluding hydrogens is 467 g/mol. The lowest BCUT2D eigenvalue weighted by atomic mass is 9.48. The summed E-state index contributed by atoms with van der Waals surface area (Å²) in [7, 11) is 0. The van der Waals surface area contributed by atoms with E-state index in [2.05, 4.69) is 10.3 Å². The maximum Gasteiger partial charge on any atom is 0.201 e. The van der Waals surface area contributed by atoms with Gasteiger partial charge in [0.1, 0.15) is 24.1 Å². The largest absolute Gasteiger partial charge is 0.367 e. The van der Waals surface area contributed by atoms with Crippen LogP contribution in [0, 0.1) is 34.8 Å². The average molecular weight is 496 g/mol. The van der Waals surface area contributed by atoms with Crippen molar-refractivity contribution < 1.29 is 18.0 Å². The predicted octanol–water partition coefficient (Wildman–Crippen LogP) is 5.83.